The highest BCUT2D eigenvalue weighted by Gasteiger charge is 2.25. The molecule has 0 aliphatic heterocycles. The Morgan fingerprint density at radius 2 is 2.19 bits per heavy atom. The van der Waals surface area contributed by atoms with Crippen molar-refractivity contribution in [2.45, 2.75) is 31.5 Å². The van der Waals surface area contributed by atoms with E-state index in [0.717, 1.165) is 0 Å². The summed E-state index contributed by atoms with van der Waals surface area (Å²) in [5.41, 5.74) is 1.20. The Labute approximate surface area is 122 Å². The van der Waals surface area contributed by atoms with Crippen molar-refractivity contribution >= 4 is 10.0 Å². The molecular weight excluding hydrogens is 297 g/mol. The van der Waals surface area contributed by atoms with E-state index in [9.17, 15) is 17.9 Å². The van der Waals surface area contributed by atoms with Gasteiger partial charge in [0.2, 0.25) is 0 Å². The van der Waals surface area contributed by atoms with E-state index in [1.54, 1.807) is 19.9 Å². The standard InChI is InChI=1S/C13H16FN3O3S/c1-8(10-4-3-5-11(14)6-10)17-21(19,20)13-12(7-18)9(2)15-16-13/h3-6,8,17-18H,7H2,1-2H3,(H,15,16). The largest absolute Gasteiger partial charge is 0.392 e. The molecule has 0 spiro atoms. The number of aromatic amines is 1. The second-order valence-corrected chi connectivity index (χ2v) is 6.32. The summed E-state index contributed by atoms with van der Waals surface area (Å²) in [5.74, 6) is -0.440. The molecule has 0 aliphatic carbocycles. The van der Waals surface area contributed by atoms with Gasteiger partial charge in [0.25, 0.3) is 10.0 Å². The fourth-order valence-corrected chi connectivity index (χ4v) is 3.39. The average molecular weight is 313 g/mol. The van der Waals surface area contributed by atoms with Gasteiger partial charge in [0.1, 0.15) is 5.82 Å². The molecule has 1 aromatic carbocycles. The first-order chi connectivity index (χ1) is 9.85. The fraction of sp³-hybridized carbons (Fsp3) is 0.308. The van der Waals surface area contributed by atoms with Crippen molar-refractivity contribution in [2.24, 2.45) is 0 Å². The molecule has 3 N–H and O–H groups in total. The maximum Gasteiger partial charge on any atom is 0.260 e. The molecule has 1 aromatic heterocycles. The number of sulfonamides is 1. The molecular formula is C13H16FN3O3S. The second kappa shape index (κ2) is 5.92. The molecule has 8 heteroatoms. The van der Waals surface area contributed by atoms with Gasteiger partial charge in [0, 0.05) is 17.3 Å². The predicted octanol–water partition coefficient (Wildman–Crippen LogP) is 1.39. The summed E-state index contributed by atoms with van der Waals surface area (Å²) in [7, 11) is -3.92. The van der Waals surface area contributed by atoms with Crippen LogP contribution in [0.15, 0.2) is 29.3 Å². The number of benzene rings is 1. The highest BCUT2D eigenvalue weighted by molar-refractivity contribution is 7.89. The van der Waals surface area contributed by atoms with E-state index in [4.69, 9.17) is 0 Å². The lowest BCUT2D eigenvalue weighted by atomic mass is 10.1. The van der Waals surface area contributed by atoms with Crippen LogP contribution in [0.5, 0.6) is 0 Å². The molecule has 0 bridgehead atoms. The van der Waals surface area contributed by atoms with Crippen molar-refractivity contribution in [1.29, 1.82) is 0 Å². The Morgan fingerprint density at radius 1 is 1.48 bits per heavy atom. The number of H-pyrrole nitrogens is 1. The van der Waals surface area contributed by atoms with Crippen LogP contribution < -0.4 is 4.72 Å². The number of rotatable bonds is 5. The van der Waals surface area contributed by atoms with Crippen molar-refractivity contribution in [3.63, 3.8) is 0 Å². The van der Waals surface area contributed by atoms with Gasteiger partial charge in [-0.2, -0.15) is 5.10 Å². The zero-order valence-corrected chi connectivity index (χ0v) is 12.4. The quantitative estimate of drug-likeness (QED) is 0.777. The zero-order chi connectivity index (χ0) is 15.6. The van der Waals surface area contributed by atoms with E-state index in [-0.39, 0.29) is 10.6 Å². The number of hydrogen-bond acceptors (Lipinski definition) is 4. The van der Waals surface area contributed by atoms with Gasteiger partial charge in [-0.1, -0.05) is 12.1 Å². The van der Waals surface area contributed by atoms with Crippen LogP contribution in [0.1, 0.15) is 29.8 Å². The van der Waals surface area contributed by atoms with Gasteiger partial charge in [0.15, 0.2) is 5.03 Å². The summed E-state index contributed by atoms with van der Waals surface area (Å²) >= 11 is 0. The molecule has 2 rings (SSSR count). The summed E-state index contributed by atoms with van der Waals surface area (Å²) in [4.78, 5) is 0. The third-order valence-electron chi connectivity index (χ3n) is 3.13. The lowest BCUT2D eigenvalue weighted by Gasteiger charge is -2.14. The van der Waals surface area contributed by atoms with Gasteiger partial charge in [-0.15, -0.1) is 0 Å². The minimum Gasteiger partial charge on any atom is -0.392 e. The molecule has 6 nitrogen and oxygen atoms in total. The van der Waals surface area contributed by atoms with Crippen LogP contribution in [-0.4, -0.2) is 23.7 Å². The SMILES string of the molecule is Cc1[nH]nc(S(=O)(=O)NC(C)c2cccc(F)c2)c1CO. The molecule has 0 saturated heterocycles. The number of aliphatic hydroxyl groups excluding tert-OH is 1. The second-order valence-electron chi connectivity index (χ2n) is 4.69. The summed E-state index contributed by atoms with van der Waals surface area (Å²) in [6.45, 7) is 2.78. The first-order valence-corrected chi connectivity index (χ1v) is 7.76. The van der Waals surface area contributed by atoms with E-state index < -0.39 is 28.5 Å². The van der Waals surface area contributed by atoms with Gasteiger partial charge < -0.3 is 5.11 Å². The molecule has 1 atom stereocenters. The molecule has 2 aromatic rings. The maximum atomic E-state index is 13.2. The first kappa shape index (κ1) is 15.6. The fourth-order valence-electron chi connectivity index (χ4n) is 1.97. The molecule has 0 radical (unpaired) electrons. The predicted molar refractivity (Wildman–Crippen MR) is 74.4 cm³/mol. The molecule has 114 valence electrons. The molecule has 0 fully saturated rings. The van der Waals surface area contributed by atoms with Crippen molar-refractivity contribution in [1.82, 2.24) is 14.9 Å². The van der Waals surface area contributed by atoms with Crippen molar-refractivity contribution in [3.05, 3.63) is 46.9 Å². The number of aryl methyl sites for hydroxylation is 1. The number of hydrogen-bond donors (Lipinski definition) is 3. The lowest BCUT2D eigenvalue weighted by Crippen LogP contribution is -2.28. The van der Waals surface area contributed by atoms with Crippen molar-refractivity contribution in [3.8, 4) is 0 Å². The Balaban J connectivity index is 2.29. The number of halogens is 1. The van der Waals surface area contributed by atoms with Crippen LogP contribution in [0.4, 0.5) is 4.39 Å². The van der Waals surface area contributed by atoms with Crippen LogP contribution in [-0.2, 0) is 16.6 Å². The van der Waals surface area contributed by atoms with Gasteiger partial charge in [-0.3, -0.25) is 5.10 Å². The van der Waals surface area contributed by atoms with Crippen LogP contribution >= 0.6 is 0 Å². The average Bonchev–Trinajstić information content (AvgIpc) is 2.80. The van der Waals surface area contributed by atoms with E-state index in [2.05, 4.69) is 14.9 Å². The topological polar surface area (TPSA) is 95.1 Å². The number of aromatic nitrogens is 2. The highest BCUT2D eigenvalue weighted by atomic mass is 32.2. The lowest BCUT2D eigenvalue weighted by molar-refractivity contribution is 0.277. The Bertz CT molecular complexity index is 743. The minimum atomic E-state index is -3.92. The Morgan fingerprint density at radius 3 is 2.81 bits per heavy atom. The van der Waals surface area contributed by atoms with Crippen molar-refractivity contribution in [2.75, 3.05) is 0 Å². The van der Waals surface area contributed by atoms with Gasteiger partial charge in [-0.05, 0) is 31.5 Å². The van der Waals surface area contributed by atoms with Crippen LogP contribution in [0.25, 0.3) is 0 Å². The summed E-state index contributed by atoms with van der Waals surface area (Å²) in [6, 6.07) is 5.04. The monoisotopic (exact) mass is 313 g/mol. The normalized spacial score (nSPS) is 13.3. The maximum absolute atomic E-state index is 13.2. The minimum absolute atomic E-state index is 0.217. The Hall–Kier alpha value is -1.77. The first-order valence-electron chi connectivity index (χ1n) is 6.27. The molecule has 0 amide bonds. The molecule has 0 aliphatic rings. The van der Waals surface area contributed by atoms with E-state index >= 15 is 0 Å². The number of nitrogens with one attached hydrogen (secondary N) is 2. The molecule has 0 saturated carbocycles. The third-order valence-corrected chi connectivity index (χ3v) is 4.64. The van der Waals surface area contributed by atoms with E-state index in [1.165, 1.54) is 18.2 Å². The summed E-state index contributed by atoms with van der Waals surface area (Å²) < 4.78 is 40.2. The van der Waals surface area contributed by atoms with E-state index in [1.807, 2.05) is 0 Å². The van der Waals surface area contributed by atoms with Gasteiger partial charge >= 0.3 is 0 Å². The summed E-state index contributed by atoms with van der Waals surface area (Å²) in [6.07, 6.45) is 0. The van der Waals surface area contributed by atoms with Gasteiger partial charge in [0.05, 0.1) is 6.61 Å². The summed E-state index contributed by atoms with van der Waals surface area (Å²) in [5, 5.41) is 15.2. The molecule has 21 heavy (non-hydrogen) atoms. The van der Waals surface area contributed by atoms with Gasteiger partial charge in [-0.25, -0.2) is 17.5 Å². The molecule has 1 heterocycles. The number of aliphatic hydroxyl groups is 1. The smallest absolute Gasteiger partial charge is 0.260 e. The highest BCUT2D eigenvalue weighted by Crippen LogP contribution is 2.20. The van der Waals surface area contributed by atoms with Crippen LogP contribution in [0, 0.1) is 12.7 Å². The van der Waals surface area contributed by atoms with E-state index in [0.29, 0.717) is 11.3 Å². The van der Waals surface area contributed by atoms with Crippen LogP contribution in [0.2, 0.25) is 0 Å². The van der Waals surface area contributed by atoms with Crippen LogP contribution in [0.3, 0.4) is 0 Å². The number of nitrogens with zero attached hydrogens (tertiary/aromatic N) is 1. The van der Waals surface area contributed by atoms with Crippen molar-refractivity contribution < 1.29 is 17.9 Å². The Kier molecular flexibility index (Phi) is 4.40. The molecule has 1 unspecified atom stereocenters. The third kappa shape index (κ3) is 3.29. The zero-order valence-electron chi connectivity index (χ0n) is 11.6.